The third-order valence-corrected chi connectivity index (χ3v) is 10.8. The number of aromatic nitrogens is 2. The summed E-state index contributed by atoms with van der Waals surface area (Å²) < 4.78 is 0. The number of fused-ring (bicyclic) bond motifs is 5. The molecule has 2 aliphatic carbocycles. The summed E-state index contributed by atoms with van der Waals surface area (Å²) in [5.74, 6) is 0. The first-order chi connectivity index (χ1) is 24.2. The molecule has 0 aliphatic heterocycles. The van der Waals surface area contributed by atoms with Crippen LogP contribution in [0.3, 0.4) is 0 Å². The molecule has 0 bridgehead atoms. The molecule has 1 heterocycles. The molecular weight excluding hydrogens is 616 g/mol. The van der Waals surface area contributed by atoms with Gasteiger partial charge in [-0.25, -0.2) is 9.97 Å². The van der Waals surface area contributed by atoms with E-state index in [0.717, 1.165) is 50.1 Å². The Morgan fingerprint density at radius 1 is 0.388 bits per heavy atom. The quantitative estimate of drug-likeness (QED) is 0.185. The third-order valence-electron chi connectivity index (χ3n) is 10.6. The van der Waals surface area contributed by atoms with Crippen LogP contribution in [0.1, 0.15) is 43.2 Å². The second kappa shape index (κ2) is 12.3. The number of halogens is 1. The molecule has 1 spiro atoms. The smallest absolute Gasteiger partial charge is 0.0973 e. The van der Waals surface area contributed by atoms with Gasteiger partial charge >= 0.3 is 0 Å². The van der Waals surface area contributed by atoms with Gasteiger partial charge in [0.15, 0.2) is 0 Å². The normalized spacial score (nSPS) is 14.4. The van der Waals surface area contributed by atoms with Crippen molar-refractivity contribution in [1.29, 1.82) is 0 Å². The summed E-state index contributed by atoms with van der Waals surface area (Å²) in [4.78, 5) is 10.8. The summed E-state index contributed by atoms with van der Waals surface area (Å²) in [7, 11) is 0. The first-order valence-electron chi connectivity index (χ1n) is 17.3. The second-order valence-electron chi connectivity index (χ2n) is 13.4. The molecule has 3 heteroatoms. The summed E-state index contributed by atoms with van der Waals surface area (Å²) in [6.45, 7) is 0. The van der Waals surface area contributed by atoms with Gasteiger partial charge in [0.2, 0.25) is 0 Å². The minimum Gasteiger partial charge on any atom is -0.243 e. The average molecular weight is 651 g/mol. The number of nitrogens with zero attached hydrogens (tertiary/aromatic N) is 2. The van der Waals surface area contributed by atoms with Crippen LogP contribution < -0.4 is 0 Å². The monoisotopic (exact) mass is 650 g/mol. The molecule has 0 unspecified atom stereocenters. The highest BCUT2D eigenvalue weighted by Gasteiger charge is 2.43. The fourth-order valence-electron chi connectivity index (χ4n) is 8.20. The van der Waals surface area contributed by atoms with E-state index in [2.05, 4.69) is 133 Å². The SMILES string of the molecule is Clc1ccc2c(c1)-c1ccc(-c3ccc(-c4nc(-c5ccccc5)c(-c5ccccc5)nc4-c4ccccc4)cc3)cc1C21CCCCC1. The molecule has 236 valence electrons. The number of rotatable bonds is 5. The van der Waals surface area contributed by atoms with Crippen LogP contribution in [-0.2, 0) is 5.41 Å². The standard InChI is InChI=1S/C46H35ClN2/c47-37-24-26-40-39(30-37)38-25-23-36(29-41(38)46(40)27-11-4-12-28-46)31-19-21-35(22-20-31)45-44(34-17-9-3-10-18-34)48-42(32-13-5-1-6-14-32)43(49-45)33-15-7-2-8-16-33/h1-3,5-10,13-26,29-30H,4,11-12,27-28H2. The lowest BCUT2D eigenvalue weighted by Crippen LogP contribution is -2.28. The Labute approximate surface area is 293 Å². The lowest BCUT2D eigenvalue weighted by molar-refractivity contribution is 0.353. The van der Waals surface area contributed by atoms with E-state index < -0.39 is 0 Å². The maximum Gasteiger partial charge on any atom is 0.0973 e. The van der Waals surface area contributed by atoms with Gasteiger partial charge in [-0.05, 0) is 64.4 Å². The Balaban J connectivity index is 1.17. The molecule has 0 N–H and O–H groups in total. The zero-order chi connectivity index (χ0) is 32.8. The molecular formula is C46H35ClN2. The molecule has 7 aromatic rings. The average Bonchev–Trinajstić information content (AvgIpc) is 3.42. The van der Waals surface area contributed by atoms with Crippen LogP contribution in [0.5, 0.6) is 0 Å². The Hall–Kier alpha value is -5.31. The predicted octanol–water partition coefficient (Wildman–Crippen LogP) is 12.7. The van der Waals surface area contributed by atoms with E-state index in [0.29, 0.717) is 0 Å². The van der Waals surface area contributed by atoms with Crippen molar-refractivity contribution >= 4 is 11.6 Å². The minimum absolute atomic E-state index is 0.0813. The second-order valence-corrected chi connectivity index (χ2v) is 13.8. The van der Waals surface area contributed by atoms with Gasteiger partial charge in [0.25, 0.3) is 0 Å². The molecule has 2 aliphatic rings. The van der Waals surface area contributed by atoms with E-state index >= 15 is 0 Å². The molecule has 0 amide bonds. The zero-order valence-corrected chi connectivity index (χ0v) is 28.0. The van der Waals surface area contributed by atoms with Crippen molar-refractivity contribution in [3.63, 3.8) is 0 Å². The fraction of sp³-hybridized carbons (Fsp3) is 0.130. The minimum atomic E-state index is 0.0813. The van der Waals surface area contributed by atoms with Crippen molar-refractivity contribution < 1.29 is 0 Å². The lowest BCUT2D eigenvalue weighted by Gasteiger charge is -2.36. The molecule has 9 rings (SSSR count). The number of benzene rings is 6. The Bertz CT molecular complexity index is 2290. The van der Waals surface area contributed by atoms with Gasteiger partial charge in [-0.3, -0.25) is 0 Å². The lowest BCUT2D eigenvalue weighted by atomic mass is 9.67. The maximum absolute atomic E-state index is 6.53. The van der Waals surface area contributed by atoms with E-state index in [4.69, 9.17) is 21.6 Å². The van der Waals surface area contributed by atoms with Crippen molar-refractivity contribution in [2.75, 3.05) is 0 Å². The summed E-state index contributed by atoms with van der Waals surface area (Å²) in [6.07, 6.45) is 6.23. The van der Waals surface area contributed by atoms with Gasteiger partial charge in [-0.1, -0.05) is 164 Å². The van der Waals surface area contributed by atoms with E-state index in [1.54, 1.807) is 0 Å². The predicted molar refractivity (Wildman–Crippen MR) is 204 cm³/mol. The molecule has 0 saturated heterocycles. The first-order valence-corrected chi connectivity index (χ1v) is 17.7. The van der Waals surface area contributed by atoms with E-state index in [1.165, 1.54) is 65.5 Å². The highest BCUT2D eigenvalue weighted by Crippen LogP contribution is 2.56. The molecule has 1 saturated carbocycles. The van der Waals surface area contributed by atoms with E-state index in [1.807, 2.05) is 18.2 Å². The van der Waals surface area contributed by atoms with Gasteiger partial charge in [0, 0.05) is 32.7 Å². The van der Waals surface area contributed by atoms with Crippen molar-refractivity contribution in [3.05, 3.63) is 168 Å². The van der Waals surface area contributed by atoms with Crippen LogP contribution >= 0.6 is 11.6 Å². The van der Waals surface area contributed by atoms with Gasteiger partial charge < -0.3 is 0 Å². The van der Waals surface area contributed by atoms with Crippen LogP contribution in [-0.4, -0.2) is 9.97 Å². The van der Waals surface area contributed by atoms with Gasteiger partial charge in [-0.15, -0.1) is 0 Å². The highest BCUT2D eigenvalue weighted by molar-refractivity contribution is 6.31. The van der Waals surface area contributed by atoms with E-state index in [-0.39, 0.29) is 5.41 Å². The summed E-state index contributed by atoms with van der Waals surface area (Å²) in [6, 6.07) is 53.7. The summed E-state index contributed by atoms with van der Waals surface area (Å²) in [5, 5.41) is 0.808. The van der Waals surface area contributed by atoms with Gasteiger partial charge in [-0.2, -0.15) is 0 Å². The van der Waals surface area contributed by atoms with Crippen LogP contribution in [0.25, 0.3) is 67.3 Å². The van der Waals surface area contributed by atoms with Crippen molar-refractivity contribution in [1.82, 2.24) is 9.97 Å². The first kappa shape index (κ1) is 29.8. The van der Waals surface area contributed by atoms with Crippen LogP contribution in [0.2, 0.25) is 5.02 Å². The Morgan fingerprint density at radius 2 is 0.857 bits per heavy atom. The van der Waals surface area contributed by atoms with Crippen LogP contribution in [0.15, 0.2) is 152 Å². The Kier molecular flexibility index (Phi) is 7.48. The van der Waals surface area contributed by atoms with Gasteiger partial charge in [0.1, 0.15) is 0 Å². The van der Waals surface area contributed by atoms with Crippen molar-refractivity contribution in [2.24, 2.45) is 0 Å². The van der Waals surface area contributed by atoms with Gasteiger partial charge in [0.05, 0.1) is 22.8 Å². The molecule has 0 atom stereocenters. The maximum atomic E-state index is 6.53. The highest BCUT2D eigenvalue weighted by atomic mass is 35.5. The van der Waals surface area contributed by atoms with Crippen molar-refractivity contribution in [2.45, 2.75) is 37.5 Å². The number of hydrogen-bond donors (Lipinski definition) is 0. The van der Waals surface area contributed by atoms with Crippen LogP contribution in [0.4, 0.5) is 0 Å². The largest absolute Gasteiger partial charge is 0.243 e. The van der Waals surface area contributed by atoms with Crippen LogP contribution in [0, 0.1) is 0 Å². The number of hydrogen-bond acceptors (Lipinski definition) is 2. The summed E-state index contributed by atoms with van der Waals surface area (Å²) >= 11 is 6.53. The molecule has 49 heavy (non-hydrogen) atoms. The fourth-order valence-corrected chi connectivity index (χ4v) is 8.37. The summed E-state index contributed by atoms with van der Waals surface area (Å²) in [5.41, 5.74) is 15.8. The van der Waals surface area contributed by atoms with E-state index in [9.17, 15) is 0 Å². The third kappa shape index (κ3) is 5.19. The Morgan fingerprint density at radius 3 is 1.39 bits per heavy atom. The molecule has 1 aromatic heterocycles. The molecule has 0 radical (unpaired) electrons. The van der Waals surface area contributed by atoms with Crippen molar-refractivity contribution in [3.8, 4) is 67.3 Å². The molecule has 6 aromatic carbocycles. The molecule has 2 nitrogen and oxygen atoms in total. The zero-order valence-electron chi connectivity index (χ0n) is 27.2. The molecule has 1 fully saturated rings. The topological polar surface area (TPSA) is 25.8 Å².